The Balaban J connectivity index is 0.928. The van der Waals surface area contributed by atoms with Crippen molar-refractivity contribution in [2.45, 2.75) is 331 Å². The third kappa shape index (κ3) is 15.5. The zero-order valence-electron chi connectivity index (χ0n) is 87.5. The highest BCUT2D eigenvalue weighted by Gasteiger charge is 2.68. The van der Waals surface area contributed by atoms with Crippen LogP contribution in [-0.2, 0) is 21.7 Å². The largest absolute Gasteiger partial charge is 0.120 e. The van der Waals surface area contributed by atoms with Crippen LogP contribution in [-0.4, -0.2) is 32.3 Å². The molecule has 0 unspecified atom stereocenters. The highest BCUT2D eigenvalue weighted by molar-refractivity contribution is 7.13. The zero-order valence-corrected chi connectivity index (χ0v) is 91.5. The van der Waals surface area contributed by atoms with Crippen molar-refractivity contribution in [3.8, 4) is 0 Å². The second-order valence-corrected chi connectivity index (χ2v) is 61.5. The van der Waals surface area contributed by atoms with Gasteiger partial charge >= 0.3 is 0 Å². The van der Waals surface area contributed by atoms with Crippen LogP contribution in [0.25, 0.3) is 43.1 Å². The molecule has 0 bridgehead atoms. The standard InChI is InChI=1S/C138H158Si4/c1-9-17-25-61-89-139(90-62-26-18-10-2)123-87-59-57-85-111(123)127-131(139)113-97-121-115(99-119(113)135(127,103-69-41-33-42-70-103)104-71-43-34-44-72-104)133-129(137(121,107-77-49-37-50-78-107)108-79-51-38-52-80-108)117-101-126-118(102-125(117)141(133,93-65-29-21-13-5)94-66-30-22-14-6)130-134(142(126,95-67-31-23-15-7)96-68-32-24-16-8)116-100-120-114(98-122(116)138(130,109-81-53-39-54-82-109)110-83-55-40-56-84-110)132-128(136(120,105-73-45-35-46-74-105)106-75-47-36-48-76-106)112-86-58-60-88-124(112)140(132,91-63-27-19-11-3)92-64-28-20-12-4/h33-60,69-88,97-102H,9-32,61-68,89-96H2,1-8H3. The molecule has 0 aromatic heterocycles. The monoisotopic (exact) mass is 1930 g/mol. The fourth-order valence-corrected chi connectivity index (χ4v) is 54.7. The van der Waals surface area contributed by atoms with E-state index in [1.54, 1.807) is 120 Å². The van der Waals surface area contributed by atoms with Crippen molar-refractivity contribution < 1.29 is 0 Å². The van der Waals surface area contributed by atoms with Gasteiger partial charge in [0, 0.05) is 0 Å². The van der Waals surface area contributed by atoms with Crippen LogP contribution in [0.3, 0.4) is 0 Å². The molecule has 13 aromatic rings. The molecule has 0 amide bonds. The summed E-state index contributed by atoms with van der Waals surface area (Å²) in [5, 5.41) is 14.2. The molecule has 0 nitrogen and oxygen atoms in total. The molecule has 0 radical (unpaired) electrons. The summed E-state index contributed by atoms with van der Waals surface area (Å²) in [4.78, 5) is 0. The quantitative estimate of drug-likeness (QED) is 0.0263. The lowest BCUT2D eigenvalue weighted by Crippen LogP contribution is -2.51. The van der Waals surface area contributed by atoms with E-state index >= 15 is 0 Å². The third-order valence-corrected chi connectivity index (χ3v) is 58.3. The van der Waals surface area contributed by atoms with Gasteiger partial charge in [-0.3, -0.25) is 0 Å². The summed E-state index contributed by atoms with van der Waals surface area (Å²) >= 11 is 0. The van der Waals surface area contributed by atoms with Gasteiger partial charge in [0.05, 0.1) is 21.7 Å². The highest BCUT2D eigenvalue weighted by atomic mass is 28.3. The number of allylic oxidation sites excluding steroid dienone is 4. The fourth-order valence-electron chi connectivity index (χ4n) is 31.0. The number of hydrogen-bond donors (Lipinski definition) is 0. The number of unbranched alkanes of at least 4 members (excludes halogenated alkanes) is 24. The average Bonchev–Trinajstić information content (AvgIpc) is 1.47. The number of rotatable bonds is 48. The minimum atomic E-state index is -3.12. The second kappa shape index (κ2) is 42.4. The molecular weight excluding hydrogens is 1770 g/mol. The molecule has 0 atom stereocenters. The Hall–Kier alpha value is -10.3. The van der Waals surface area contributed by atoms with Crippen LogP contribution in [0.1, 0.15) is 372 Å². The number of benzene rings is 13. The SMILES string of the molecule is CCCCCC[Si]1(CCCCCC)C2=C(c3ccccc31)C(c1ccccc1)(c1ccccc1)c1cc3c(cc12)C(c1ccccc1)(c1ccccc1)C1=C3[Si](CCCCCC)(CCCCCC)c2cc3c(cc21)[Si](CCCCCC)(CCCCCC)C1=C3C(c2ccccc2)(c2ccccc2)c2cc3c(cc21)C(c1ccccc1)(c1ccccc1)C1=C3[Si](CCCCCC)(CCCCCC)c2ccccc21. The summed E-state index contributed by atoms with van der Waals surface area (Å²) in [6.07, 6.45) is 40.0. The van der Waals surface area contributed by atoms with Gasteiger partial charge in [0.25, 0.3) is 0 Å². The molecular formula is C138H158Si4. The number of hydrogen-bond acceptors (Lipinski definition) is 0. The first-order valence-corrected chi connectivity index (χ1v) is 67.0. The smallest absolute Gasteiger partial charge is 0.0654 e. The molecule has 142 heavy (non-hydrogen) atoms. The molecule has 13 aromatic carbocycles. The Labute approximate surface area is 859 Å². The topological polar surface area (TPSA) is 0 Å². The highest BCUT2D eigenvalue weighted by Crippen LogP contribution is 2.74. The van der Waals surface area contributed by atoms with Gasteiger partial charge in [-0.2, -0.15) is 0 Å². The first kappa shape index (κ1) is 97.7. The molecule has 8 aliphatic rings. The van der Waals surface area contributed by atoms with E-state index in [2.05, 4.69) is 383 Å². The molecule has 0 spiro atoms. The summed E-state index contributed by atoms with van der Waals surface area (Å²) in [5.74, 6) is 0. The molecule has 726 valence electrons. The van der Waals surface area contributed by atoms with Crippen molar-refractivity contribution in [2.75, 3.05) is 0 Å². The van der Waals surface area contributed by atoms with Crippen LogP contribution in [0.15, 0.2) is 328 Å². The van der Waals surface area contributed by atoms with E-state index in [1.165, 1.54) is 298 Å². The van der Waals surface area contributed by atoms with Gasteiger partial charge in [0.15, 0.2) is 0 Å². The van der Waals surface area contributed by atoms with E-state index in [-0.39, 0.29) is 0 Å². The molecule has 4 aliphatic heterocycles. The minimum absolute atomic E-state index is 0.612. The average molecular weight is 1930 g/mol. The van der Waals surface area contributed by atoms with E-state index in [1.807, 2.05) is 10.4 Å². The van der Waals surface area contributed by atoms with Gasteiger partial charge in [-0.15, -0.1) is 0 Å². The van der Waals surface area contributed by atoms with Crippen LogP contribution in [0, 0.1) is 0 Å². The Morgan fingerprint density at radius 3 is 0.493 bits per heavy atom. The van der Waals surface area contributed by atoms with Gasteiger partial charge in [-0.05, 0) is 248 Å². The molecule has 0 fully saturated rings. The van der Waals surface area contributed by atoms with Crippen molar-refractivity contribution in [2.24, 2.45) is 0 Å². The predicted molar refractivity (Wildman–Crippen MR) is 624 cm³/mol. The molecule has 0 N–H and O–H groups in total. The molecule has 4 heteroatoms. The zero-order chi connectivity index (χ0) is 96.9. The van der Waals surface area contributed by atoms with E-state index in [0.717, 1.165) is 0 Å². The molecule has 0 saturated carbocycles. The van der Waals surface area contributed by atoms with Gasteiger partial charge in [0.2, 0.25) is 0 Å². The lowest BCUT2D eigenvalue weighted by molar-refractivity contribution is 0.684. The van der Waals surface area contributed by atoms with Gasteiger partial charge in [-0.1, -0.05) is 564 Å². The van der Waals surface area contributed by atoms with Crippen molar-refractivity contribution in [1.82, 2.24) is 0 Å². The van der Waals surface area contributed by atoms with Crippen LogP contribution in [0.2, 0.25) is 48.4 Å². The molecule has 0 saturated heterocycles. The first-order valence-electron chi connectivity index (χ1n) is 57.4. The Morgan fingerprint density at radius 1 is 0.148 bits per heavy atom. The van der Waals surface area contributed by atoms with Gasteiger partial charge < -0.3 is 0 Å². The van der Waals surface area contributed by atoms with Crippen molar-refractivity contribution >= 4 is 96.1 Å². The maximum Gasteiger partial charge on any atom is 0.120 e. The normalized spacial score (nSPS) is 17.1. The van der Waals surface area contributed by atoms with Crippen molar-refractivity contribution in [3.63, 3.8) is 0 Å². The van der Waals surface area contributed by atoms with E-state index in [9.17, 15) is 0 Å². The van der Waals surface area contributed by atoms with Gasteiger partial charge in [0.1, 0.15) is 32.3 Å². The molecule has 4 aliphatic carbocycles. The van der Waals surface area contributed by atoms with Gasteiger partial charge in [-0.25, -0.2) is 0 Å². The minimum Gasteiger partial charge on any atom is -0.0654 e. The molecule has 21 rings (SSSR count). The second-order valence-electron chi connectivity index (χ2n) is 44.7. The lowest BCUT2D eigenvalue weighted by Gasteiger charge is -2.41. The van der Waals surface area contributed by atoms with E-state index < -0.39 is 54.0 Å². The summed E-state index contributed by atoms with van der Waals surface area (Å²) < 4.78 is 0. The summed E-state index contributed by atoms with van der Waals surface area (Å²) in [6.45, 7) is 19.6. The predicted octanol–water partition coefficient (Wildman–Crippen LogP) is 36.2. The van der Waals surface area contributed by atoms with Crippen LogP contribution >= 0.6 is 0 Å². The summed E-state index contributed by atoms with van der Waals surface area (Å²) in [5.41, 5.74) is 34.3. The Bertz CT molecular complexity index is 6140. The Kier molecular flexibility index (Phi) is 29.2. The molecule has 4 heterocycles. The van der Waals surface area contributed by atoms with E-state index in [4.69, 9.17) is 0 Å². The first-order chi connectivity index (χ1) is 70.1. The summed E-state index contributed by atoms with van der Waals surface area (Å²) in [6, 6.07) is 149. The fraction of sp³-hybridized carbons (Fsp3) is 0.377. The lowest BCUT2D eigenvalue weighted by atomic mass is 9.63. The van der Waals surface area contributed by atoms with Crippen molar-refractivity contribution in [1.29, 1.82) is 0 Å². The third-order valence-electron chi connectivity index (χ3n) is 36.9. The van der Waals surface area contributed by atoms with Crippen LogP contribution in [0.4, 0.5) is 0 Å². The summed E-state index contributed by atoms with van der Waals surface area (Å²) in [7, 11) is -11.6. The maximum atomic E-state index is 3.21. The maximum absolute atomic E-state index is 3.21. The van der Waals surface area contributed by atoms with Crippen LogP contribution < -0.4 is 20.7 Å². The number of fused-ring (bicyclic) bond motifs is 16. The van der Waals surface area contributed by atoms with Crippen molar-refractivity contribution in [3.05, 3.63) is 439 Å². The van der Waals surface area contributed by atoms with Crippen LogP contribution in [0.5, 0.6) is 0 Å². The Morgan fingerprint density at radius 2 is 0.310 bits per heavy atom. The van der Waals surface area contributed by atoms with E-state index in [0.29, 0.717) is 0 Å².